The number of hydrogen-bond acceptors (Lipinski definition) is 4. The van der Waals surface area contributed by atoms with Gasteiger partial charge in [-0.05, 0) is 33.3 Å². The van der Waals surface area contributed by atoms with Gasteiger partial charge in [-0.2, -0.15) is 5.10 Å². The zero-order valence-electron chi connectivity index (χ0n) is 13.6. The summed E-state index contributed by atoms with van der Waals surface area (Å²) in [6.45, 7) is 8.26. The largest absolute Gasteiger partial charge is 0.352 e. The molecule has 0 atom stereocenters. The summed E-state index contributed by atoms with van der Waals surface area (Å²) in [4.78, 5) is 37.3. The van der Waals surface area contributed by atoms with Crippen LogP contribution in [0.2, 0.25) is 0 Å². The first-order valence-electron chi connectivity index (χ1n) is 7.55. The number of nitrogens with zero attached hydrogens (tertiary/aromatic N) is 3. The monoisotopic (exact) mass is 308 g/mol. The second kappa shape index (κ2) is 8.31. The van der Waals surface area contributed by atoms with Crippen LogP contribution in [0.5, 0.6) is 0 Å². The smallest absolute Gasteiger partial charge is 0.274 e. The van der Waals surface area contributed by atoms with Crippen LogP contribution in [0.3, 0.4) is 0 Å². The van der Waals surface area contributed by atoms with Crippen molar-refractivity contribution in [1.82, 2.24) is 20.0 Å². The van der Waals surface area contributed by atoms with Crippen molar-refractivity contribution < 1.29 is 9.59 Å². The molecule has 1 rings (SSSR count). The Balaban J connectivity index is 2.90. The molecule has 0 spiro atoms. The molecule has 22 heavy (non-hydrogen) atoms. The summed E-state index contributed by atoms with van der Waals surface area (Å²) in [6, 6.07) is 2.75. The van der Waals surface area contributed by atoms with Crippen LogP contribution < -0.4 is 10.9 Å². The molecule has 0 unspecified atom stereocenters. The Morgan fingerprint density at radius 1 is 1.32 bits per heavy atom. The molecule has 1 N–H and O–H groups in total. The minimum atomic E-state index is -0.355. The minimum Gasteiger partial charge on any atom is -0.352 e. The summed E-state index contributed by atoms with van der Waals surface area (Å²) >= 11 is 0. The van der Waals surface area contributed by atoms with E-state index in [0.29, 0.717) is 13.1 Å². The second-order valence-electron chi connectivity index (χ2n) is 5.32. The maximum Gasteiger partial charge on any atom is 0.274 e. The Morgan fingerprint density at radius 3 is 2.55 bits per heavy atom. The summed E-state index contributed by atoms with van der Waals surface area (Å²) in [5, 5.41) is 6.83. The van der Waals surface area contributed by atoms with Crippen molar-refractivity contribution in [3.8, 4) is 0 Å². The van der Waals surface area contributed by atoms with Gasteiger partial charge in [-0.1, -0.05) is 6.92 Å². The lowest BCUT2D eigenvalue weighted by atomic mass is 10.3. The second-order valence-corrected chi connectivity index (χ2v) is 5.32. The first-order valence-corrected chi connectivity index (χ1v) is 7.55. The van der Waals surface area contributed by atoms with Gasteiger partial charge >= 0.3 is 0 Å². The summed E-state index contributed by atoms with van der Waals surface area (Å²) in [6.07, 6.45) is 0.749. The lowest BCUT2D eigenvalue weighted by Gasteiger charge is -2.21. The van der Waals surface area contributed by atoms with E-state index in [2.05, 4.69) is 10.4 Å². The molecular weight excluding hydrogens is 284 g/mol. The molecular formula is C15H24N4O3. The van der Waals surface area contributed by atoms with E-state index in [9.17, 15) is 14.4 Å². The van der Waals surface area contributed by atoms with Gasteiger partial charge in [-0.25, -0.2) is 4.68 Å². The van der Waals surface area contributed by atoms with E-state index in [-0.39, 0.29) is 35.7 Å². The molecule has 0 radical (unpaired) electrons. The minimum absolute atomic E-state index is 0.0193. The third-order valence-electron chi connectivity index (χ3n) is 2.97. The summed E-state index contributed by atoms with van der Waals surface area (Å²) in [7, 11) is 0. The van der Waals surface area contributed by atoms with E-state index in [0.717, 1.165) is 6.42 Å². The normalized spacial score (nSPS) is 10.6. The highest BCUT2D eigenvalue weighted by Gasteiger charge is 2.19. The Bertz CT molecular complexity index is 580. The first-order chi connectivity index (χ1) is 10.4. The van der Waals surface area contributed by atoms with E-state index in [1.165, 1.54) is 21.7 Å². The number of carbonyl (C=O) groups excluding carboxylic acids is 2. The van der Waals surface area contributed by atoms with Gasteiger partial charge in [0.05, 0.1) is 6.54 Å². The predicted octanol–water partition coefficient (Wildman–Crippen LogP) is 0.640. The summed E-state index contributed by atoms with van der Waals surface area (Å²) in [5.74, 6) is -0.571. The van der Waals surface area contributed by atoms with Crippen molar-refractivity contribution >= 4 is 11.8 Å². The van der Waals surface area contributed by atoms with E-state index in [1.54, 1.807) is 6.92 Å². The molecule has 7 heteroatoms. The van der Waals surface area contributed by atoms with Gasteiger partial charge in [0, 0.05) is 25.2 Å². The van der Waals surface area contributed by atoms with Gasteiger partial charge in [-0.3, -0.25) is 14.4 Å². The van der Waals surface area contributed by atoms with Crippen molar-refractivity contribution in [1.29, 1.82) is 0 Å². The fraction of sp³-hybridized carbons (Fsp3) is 0.600. The number of hydrogen-bond donors (Lipinski definition) is 1. The van der Waals surface area contributed by atoms with Crippen molar-refractivity contribution in [2.75, 3.05) is 13.1 Å². The molecule has 0 aromatic carbocycles. The van der Waals surface area contributed by atoms with Crippen LogP contribution in [-0.4, -0.2) is 45.6 Å². The molecule has 1 aromatic heterocycles. The number of aromatic nitrogens is 2. The molecule has 1 aromatic rings. The highest BCUT2D eigenvalue weighted by Crippen LogP contribution is 2.00. The lowest BCUT2D eigenvalue weighted by Crippen LogP contribution is -2.43. The number of carbonyl (C=O) groups is 2. The zero-order chi connectivity index (χ0) is 16.7. The Hall–Kier alpha value is -2.18. The number of nitrogens with one attached hydrogen (secondary N) is 1. The molecule has 0 aliphatic heterocycles. The summed E-state index contributed by atoms with van der Waals surface area (Å²) in [5.41, 5.74) is -0.0637. The van der Waals surface area contributed by atoms with Gasteiger partial charge in [0.1, 0.15) is 5.69 Å². The van der Waals surface area contributed by atoms with Gasteiger partial charge in [0.25, 0.3) is 11.5 Å². The van der Waals surface area contributed by atoms with Crippen molar-refractivity contribution in [2.45, 2.75) is 46.7 Å². The molecule has 0 aliphatic carbocycles. The quantitative estimate of drug-likeness (QED) is 0.801. The summed E-state index contributed by atoms with van der Waals surface area (Å²) < 4.78 is 1.27. The fourth-order valence-electron chi connectivity index (χ4n) is 1.97. The van der Waals surface area contributed by atoms with Crippen LogP contribution >= 0.6 is 0 Å². The first kappa shape index (κ1) is 17.9. The topological polar surface area (TPSA) is 84.3 Å². The standard InChI is InChI=1S/C15H24N4O3/c1-5-9-19-14(21)8-7-12(17-19)15(22)18(6-2)10-13(20)16-11(3)4/h7-8,11H,5-6,9-10H2,1-4H3,(H,16,20). The Labute approximate surface area is 130 Å². The van der Waals surface area contributed by atoms with Crippen LogP contribution in [-0.2, 0) is 11.3 Å². The van der Waals surface area contributed by atoms with Crippen LogP contribution in [0.15, 0.2) is 16.9 Å². The maximum absolute atomic E-state index is 12.4. The third kappa shape index (κ3) is 4.98. The van der Waals surface area contributed by atoms with E-state index in [1.807, 2.05) is 20.8 Å². The molecule has 0 aliphatic rings. The molecule has 0 fully saturated rings. The van der Waals surface area contributed by atoms with E-state index >= 15 is 0 Å². The van der Waals surface area contributed by atoms with E-state index in [4.69, 9.17) is 0 Å². The predicted molar refractivity (Wildman–Crippen MR) is 83.6 cm³/mol. The maximum atomic E-state index is 12.4. The average molecular weight is 308 g/mol. The Morgan fingerprint density at radius 2 is 2.00 bits per heavy atom. The van der Waals surface area contributed by atoms with Crippen molar-refractivity contribution in [2.24, 2.45) is 0 Å². The average Bonchev–Trinajstić information content (AvgIpc) is 2.46. The molecule has 1 heterocycles. The highest BCUT2D eigenvalue weighted by molar-refractivity contribution is 5.94. The third-order valence-corrected chi connectivity index (χ3v) is 2.97. The molecule has 2 amide bonds. The Kier molecular flexibility index (Phi) is 6.75. The van der Waals surface area contributed by atoms with Gasteiger partial charge in [-0.15, -0.1) is 0 Å². The van der Waals surface area contributed by atoms with E-state index < -0.39 is 0 Å². The molecule has 122 valence electrons. The van der Waals surface area contributed by atoms with Crippen molar-refractivity contribution in [3.05, 3.63) is 28.2 Å². The SMILES string of the molecule is CCCn1nc(C(=O)N(CC)CC(=O)NC(C)C)ccc1=O. The van der Waals surface area contributed by atoms with Crippen LogP contribution in [0, 0.1) is 0 Å². The molecule has 0 saturated heterocycles. The lowest BCUT2D eigenvalue weighted by molar-refractivity contribution is -0.122. The number of amides is 2. The number of likely N-dealkylation sites (N-methyl/N-ethyl adjacent to an activating group) is 1. The zero-order valence-corrected chi connectivity index (χ0v) is 13.6. The van der Waals surface area contributed by atoms with Gasteiger partial charge in [0.2, 0.25) is 5.91 Å². The molecule has 7 nitrogen and oxygen atoms in total. The fourth-order valence-corrected chi connectivity index (χ4v) is 1.97. The highest BCUT2D eigenvalue weighted by atomic mass is 16.2. The van der Waals surface area contributed by atoms with Gasteiger partial charge in [0.15, 0.2) is 0 Å². The number of aryl methyl sites for hydroxylation is 1. The molecule has 0 bridgehead atoms. The van der Waals surface area contributed by atoms with Crippen LogP contribution in [0.1, 0.15) is 44.6 Å². The number of rotatable bonds is 7. The van der Waals surface area contributed by atoms with Crippen LogP contribution in [0.4, 0.5) is 0 Å². The van der Waals surface area contributed by atoms with Crippen LogP contribution in [0.25, 0.3) is 0 Å². The van der Waals surface area contributed by atoms with Gasteiger partial charge < -0.3 is 10.2 Å². The molecule has 0 saturated carbocycles. The van der Waals surface area contributed by atoms with Crippen molar-refractivity contribution in [3.63, 3.8) is 0 Å².